The van der Waals surface area contributed by atoms with Crippen LogP contribution in [0.25, 0.3) is 0 Å². The third kappa shape index (κ3) is 10.7. The van der Waals surface area contributed by atoms with Gasteiger partial charge in [0.2, 0.25) is 23.6 Å². The van der Waals surface area contributed by atoms with Crippen LogP contribution in [0.3, 0.4) is 0 Å². The largest absolute Gasteiger partial charge is 0.377 e. The number of imide groups is 2. The number of nitrogens with one attached hydrogen (secondary N) is 4. The van der Waals surface area contributed by atoms with Crippen molar-refractivity contribution in [2.45, 2.75) is 18.9 Å². The Bertz CT molecular complexity index is 1180. The lowest BCUT2D eigenvalue weighted by Gasteiger charge is -2.27. The van der Waals surface area contributed by atoms with Gasteiger partial charge in [-0.15, -0.1) is 0 Å². The predicted octanol–water partition coefficient (Wildman–Crippen LogP) is -1.56. The molecule has 1 fully saturated rings. The Morgan fingerprint density at radius 2 is 1.41 bits per heavy atom. The fourth-order valence-corrected chi connectivity index (χ4v) is 4.29. The van der Waals surface area contributed by atoms with Gasteiger partial charge in [-0.1, -0.05) is 6.07 Å². The second-order valence-corrected chi connectivity index (χ2v) is 9.62. The summed E-state index contributed by atoms with van der Waals surface area (Å²) in [5, 5.41) is 10.3. The van der Waals surface area contributed by atoms with Crippen LogP contribution in [0.1, 0.15) is 33.6 Å². The first kappa shape index (κ1) is 34.7. The molecule has 16 heteroatoms. The number of nitrogens with zero attached hydrogens (tertiary/aromatic N) is 1. The van der Waals surface area contributed by atoms with Crippen molar-refractivity contribution in [1.29, 1.82) is 0 Å². The zero-order chi connectivity index (χ0) is 31.7. The van der Waals surface area contributed by atoms with Crippen LogP contribution in [-0.4, -0.2) is 133 Å². The Kier molecular flexibility index (Phi) is 14.8. The highest BCUT2D eigenvalue weighted by Gasteiger charge is 2.45. The van der Waals surface area contributed by atoms with E-state index in [-0.39, 0.29) is 62.0 Å². The molecular weight excluding hydrogens is 582 g/mol. The van der Waals surface area contributed by atoms with E-state index in [9.17, 15) is 28.8 Å². The number of hydrogen-bond donors (Lipinski definition) is 4. The smallest absolute Gasteiger partial charge is 0.264 e. The van der Waals surface area contributed by atoms with Gasteiger partial charge in [0.25, 0.3) is 11.8 Å². The van der Waals surface area contributed by atoms with E-state index in [1.54, 1.807) is 7.05 Å². The van der Waals surface area contributed by atoms with Crippen molar-refractivity contribution >= 4 is 41.1 Å². The highest BCUT2D eigenvalue weighted by molar-refractivity contribution is 6.26. The number of ether oxygens (including phenoxy) is 5. The SMILES string of the molecule is CNCCNC(=O)COCCOCCOCCOCCOCC(=O)Nc1cccc2c1C(=O)N(C1CCC(=O)NC1=O)C2=O. The Labute approximate surface area is 254 Å². The Hall–Kier alpha value is -3.80. The summed E-state index contributed by atoms with van der Waals surface area (Å²) in [7, 11) is 1.80. The summed E-state index contributed by atoms with van der Waals surface area (Å²) in [6.45, 7) is 3.31. The minimum Gasteiger partial charge on any atom is -0.377 e. The molecule has 1 unspecified atom stereocenters. The van der Waals surface area contributed by atoms with Gasteiger partial charge >= 0.3 is 0 Å². The van der Waals surface area contributed by atoms with Gasteiger partial charge in [0, 0.05) is 19.5 Å². The second kappa shape index (κ2) is 18.8. The molecule has 3 rings (SSSR count). The molecule has 242 valence electrons. The quantitative estimate of drug-likeness (QED) is 0.0911. The molecule has 2 aliphatic heterocycles. The molecule has 1 atom stereocenters. The third-order valence-corrected chi connectivity index (χ3v) is 6.39. The van der Waals surface area contributed by atoms with Crippen molar-refractivity contribution < 1.29 is 52.5 Å². The summed E-state index contributed by atoms with van der Waals surface area (Å²) >= 11 is 0. The van der Waals surface area contributed by atoms with E-state index < -0.39 is 35.6 Å². The molecular formula is C28H39N5O11. The molecule has 2 heterocycles. The monoisotopic (exact) mass is 621 g/mol. The van der Waals surface area contributed by atoms with E-state index in [1.807, 2.05) is 0 Å². The number of rotatable bonds is 21. The lowest BCUT2D eigenvalue weighted by molar-refractivity contribution is -0.136. The van der Waals surface area contributed by atoms with E-state index in [1.165, 1.54) is 18.2 Å². The van der Waals surface area contributed by atoms with Crippen LogP contribution >= 0.6 is 0 Å². The normalized spacial score (nSPS) is 16.2. The Balaban J connectivity index is 1.21. The number of likely N-dealkylation sites (N-methyl/N-ethyl adjacent to an activating group) is 1. The van der Waals surface area contributed by atoms with Gasteiger partial charge in [-0.2, -0.15) is 0 Å². The molecule has 0 saturated carbocycles. The van der Waals surface area contributed by atoms with Gasteiger partial charge in [-0.05, 0) is 25.6 Å². The molecule has 0 aromatic heterocycles. The number of benzene rings is 1. The molecule has 4 N–H and O–H groups in total. The highest BCUT2D eigenvalue weighted by Crippen LogP contribution is 2.32. The minimum absolute atomic E-state index is 0.00884. The zero-order valence-electron chi connectivity index (χ0n) is 24.6. The van der Waals surface area contributed by atoms with Crippen molar-refractivity contribution in [2.75, 3.05) is 91.5 Å². The summed E-state index contributed by atoms with van der Waals surface area (Å²) in [5.74, 6) is -3.27. The van der Waals surface area contributed by atoms with Crippen LogP contribution in [0.15, 0.2) is 18.2 Å². The van der Waals surface area contributed by atoms with E-state index >= 15 is 0 Å². The molecule has 1 aromatic rings. The van der Waals surface area contributed by atoms with E-state index in [2.05, 4.69) is 21.3 Å². The topological polar surface area (TPSA) is 200 Å². The van der Waals surface area contributed by atoms with Crippen LogP contribution in [0.5, 0.6) is 0 Å². The van der Waals surface area contributed by atoms with Crippen molar-refractivity contribution in [1.82, 2.24) is 20.9 Å². The van der Waals surface area contributed by atoms with Crippen LogP contribution in [0.4, 0.5) is 5.69 Å². The van der Waals surface area contributed by atoms with Crippen LogP contribution in [-0.2, 0) is 42.9 Å². The number of amides is 6. The molecule has 0 spiro atoms. The predicted molar refractivity (Wildman–Crippen MR) is 153 cm³/mol. The molecule has 0 aliphatic carbocycles. The molecule has 44 heavy (non-hydrogen) atoms. The van der Waals surface area contributed by atoms with Crippen LogP contribution in [0.2, 0.25) is 0 Å². The summed E-state index contributed by atoms with van der Waals surface area (Å²) < 4.78 is 26.7. The van der Waals surface area contributed by atoms with Gasteiger partial charge in [0.1, 0.15) is 19.3 Å². The number of anilines is 1. The van der Waals surface area contributed by atoms with E-state index in [4.69, 9.17) is 23.7 Å². The Morgan fingerprint density at radius 1 is 0.818 bits per heavy atom. The average Bonchev–Trinajstić information content (AvgIpc) is 3.25. The standard InChI is InChI=1S/C28H39N5O11/c1-29-7-8-30-23(35)17-43-15-13-41-11-9-40-10-12-42-14-16-44-18-24(36)31-20-4-2-3-19-25(20)28(39)33(27(19)38)21-5-6-22(34)32-26(21)37/h2-4,21,29H,5-18H2,1H3,(H,30,35)(H,31,36)(H,32,34,37). The van der Waals surface area contributed by atoms with Crippen LogP contribution in [0, 0.1) is 0 Å². The number of piperidine rings is 1. The summed E-state index contributed by atoms with van der Waals surface area (Å²) in [5.41, 5.74) is 0.169. The van der Waals surface area contributed by atoms with Gasteiger partial charge in [0.05, 0.1) is 69.7 Å². The number of fused-ring (bicyclic) bond motifs is 1. The lowest BCUT2D eigenvalue weighted by Crippen LogP contribution is -2.54. The molecule has 0 bridgehead atoms. The molecule has 0 radical (unpaired) electrons. The summed E-state index contributed by atoms with van der Waals surface area (Å²) in [6.07, 6.45) is 0.0420. The maximum atomic E-state index is 13.1. The van der Waals surface area contributed by atoms with Crippen LogP contribution < -0.4 is 21.3 Å². The van der Waals surface area contributed by atoms with Crippen molar-refractivity contribution in [3.8, 4) is 0 Å². The highest BCUT2D eigenvalue weighted by atomic mass is 16.6. The zero-order valence-corrected chi connectivity index (χ0v) is 24.6. The minimum atomic E-state index is -1.10. The van der Waals surface area contributed by atoms with Gasteiger partial charge in [0.15, 0.2) is 0 Å². The van der Waals surface area contributed by atoms with E-state index in [0.29, 0.717) is 52.7 Å². The van der Waals surface area contributed by atoms with E-state index in [0.717, 1.165) is 4.90 Å². The fraction of sp³-hybridized carbons (Fsp3) is 0.571. The Morgan fingerprint density at radius 3 is 2.00 bits per heavy atom. The third-order valence-electron chi connectivity index (χ3n) is 6.39. The molecule has 16 nitrogen and oxygen atoms in total. The lowest BCUT2D eigenvalue weighted by atomic mass is 10.0. The van der Waals surface area contributed by atoms with Gasteiger partial charge in [-0.3, -0.25) is 39.0 Å². The molecule has 1 saturated heterocycles. The van der Waals surface area contributed by atoms with Gasteiger partial charge < -0.3 is 39.6 Å². The molecule has 6 amide bonds. The number of carbonyl (C=O) groups excluding carboxylic acids is 6. The first-order valence-electron chi connectivity index (χ1n) is 14.3. The maximum absolute atomic E-state index is 13.1. The summed E-state index contributed by atoms with van der Waals surface area (Å²) in [6, 6.07) is 3.33. The summed E-state index contributed by atoms with van der Waals surface area (Å²) in [4.78, 5) is 74.4. The second-order valence-electron chi connectivity index (χ2n) is 9.62. The first-order chi connectivity index (χ1) is 21.3. The van der Waals surface area contributed by atoms with Crippen molar-refractivity contribution in [3.63, 3.8) is 0 Å². The first-order valence-corrected chi connectivity index (χ1v) is 14.3. The van der Waals surface area contributed by atoms with Crippen molar-refractivity contribution in [3.05, 3.63) is 29.3 Å². The molecule has 1 aromatic carbocycles. The average molecular weight is 622 g/mol. The fourth-order valence-electron chi connectivity index (χ4n) is 4.29. The number of carbonyl (C=O) groups is 6. The molecule has 2 aliphatic rings. The van der Waals surface area contributed by atoms with Gasteiger partial charge in [-0.25, -0.2) is 0 Å². The maximum Gasteiger partial charge on any atom is 0.264 e. The number of hydrogen-bond acceptors (Lipinski definition) is 12. The van der Waals surface area contributed by atoms with Crippen molar-refractivity contribution in [2.24, 2.45) is 0 Å².